The van der Waals surface area contributed by atoms with Gasteiger partial charge in [0.25, 0.3) is 10.0 Å². The monoisotopic (exact) mass is 390 g/mol. The number of nitrogens with one attached hydrogen (secondary N) is 1. The molecule has 0 saturated heterocycles. The van der Waals surface area contributed by atoms with Gasteiger partial charge in [0.05, 0.1) is 5.69 Å². The van der Waals surface area contributed by atoms with E-state index in [2.05, 4.69) is 4.72 Å². The van der Waals surface area contributed by atoms with Crippen LogP contribution < -0.4 is 15.2 Å². The number of sulfonamides is 1. The van der Waals surface area contributed by atoms with Gasteiger partial charge in [-0.3, -0.25) is 4.72 Å². The molecule has 1 heterocycles. The highest BCUT2D eigenvalue weighted by Crippen LogP contribution is 2.42. The molecule has 0 spiro atoms. The first kappa shape index (κ1) is 17.8. The molecule has 9 heteroatoms. The van der Waals surface area contributed by atoms with Gasteiger partial charge >= 0.3 is 6.16 Å². The Morgan fingerprint density at radius 3 is 2.38 bits per heavy atom. The van der Waals surface area contributed by atoms with Gasteiger partial charge < -0.3 is 15.6 Å². The SMILES string of the molecule is Nc1ccccc1S(=O)(=O)Nc1cc(-c2ccccc2)sc1OC(=O)O. The van der Waals surface area contributed by atoms with Crippen molar-refractivity contribution in [3.05, 3.63) is 60.7 Å². The fraction of sp³-hybridized carbons (Fsp3) is 0. The Kier molecular flexibility index (Phi) is 4.83. The van der Waals surface area contributed by atoms with Crippen molar-refractivity contribution in [1.29, 1.82) is 0 Å². The van der Waals surface area contributed by atoms with Crippen LogP contribution >= 0.6 is 11.3 Å². The van der Waals surface area contributed by atoms with Crippen molar-refractivity contribution < 1.29 is 23.1 Å². The molecule has 0 unspecified atom stereocenters. The first-order valence-corrected chi connectivity index (χ1v) is 9.64. The number of ether oxygens (including phenoxy) is 1. The van der Waals surface area contributed by atoms with E-state index in [1.54, 1.807) is 12.1 Å². The summed E-state index contributed by atoms with van der Waals surface area (Å²) in [6, 6.07) is 16.6. The number of carboxylic acid groups (broad SMARTS) is 1. The van der Waals surface area contributed by atoms with E-state index >= 15 is 0 Å². The molecular formula is C17H14N2O5S2. The maximum atomic E-state index is 12.6. The van der Waals surface area contributed by atoms with Crippen LogP contribution in [0.25, 0.3) is 10.4 Å². The van der Waals surface area contributed by atoms with Gasteiger partial charge in [-0.2, -0.15) is 0 Å². The molecule has 4 N–H and O–H groups in total. The van der Waals surface area contributed by atoms with Crippen LogP contribution in [-0.2, 0) is 10.0 Å². The second kappa shape index (κ2) is 7.06. The van der Waals surface area contributed by atoms with Crippen LogP contribution in [0.3, 0.4) is 0 Å². The Morgan fingerprint density at radius 1 is 1.08 bits per heavy atom. The van der Waals surface area contributed by atoms with Crippen LogP contribution in [0.4, 0.5) is 16.2 Å². The fourth-order valence-electron chi connectivity index (χ4n) is 2.27. The zero-order valence-electron chi connectivity index (χ0n) is 13.2. The predicted molar refractivity (Wildman–Crippen MR) is 100 cm³/mol. The van der Waals surface area contributed by atoms with Crippen molar-refractivity contribution in [1.82, 2.24) is 0 Å². The molecule has 0 saturated carbocycles. The minimum Gasteiger partial charge on any atom is -0.449 e. The lowest BCUT2D eigenvalue weighted by atomic mass is 10.2. The van der Waals surface area contributed by atoms with E-state index in [1.165, 1.54) is 18.2 Å². The normalized spacial score (nSPS) is 11.1. The van der Waals surface area contributed by atoms with E-state index in [0.29, 0.717) is 4.88 Å². The quantitative estimate of drug-likeness (QED) is 0.450. The lowest BCUT2D eigenvalue weighted by Crippen LogP contribution is -2.15. The van der Waals surface area contributed by atoms with Gasteiger partial charge in [0.15, 0.2) is 0 Å². The predicted octanol–water partition coefficient (Wildman–Crippen LogP) is 3.85. The number of thiophene rings is 1. The third kappa shape index (κ3) is 3.79. The second-order valence-electron chi connectivity index (χ2n) is 5.19. The zero-order valence-corrected chi connectivity index (χ0v) is 14.9. The molecule has 134 valence electrons. The summed E-state index contributed by atoms with van der Waals surface area (Å²) in [4.78, 5) is 11.5. The Bertz CT molecular complexity index is 1050. The number of benzene rings is 2. The molecule has 3 rings (SSSR count). The lowest BCUT2D eigenvalue weighted by Gasteiger charge is -2.09. The van der Waals surface area contributed by atoms with Crippen LogP contribution in [0.1, 0.15) is 0 Å². The Labute approximate surface area is 153 Å². The molecular weight excluding hydrogens is 376 g/mol. The smallest absolute Gasteiger partial charge is 0.449 e. The van der Waals surface area contributed by atoms with E-state index in [0.717, 1.165) is 16.9 Å². The molecule has 0 aliphatic carbocycles. The first-order valence-electron chi connectivity index (χ1n) is 7.34. The molecule has 2 aromatic carbocycles. The third-order valence-electron chi connectivity index (χ3n) is 3.39. The number of rotatable bonds is 5. The molecule has 0 fully saturated rings. The average Bonchev–Trinajstić information content (AvgIpc) is 2.97. The summed E-state index contributed by atoms with van der Waals surface area (Å²) in [7, 11) is -4.01. The van der Waals surface area contributed by atoms with Gasteiger partial charge in [0.1, 0.15) is 10.6 Å². The van der Waals surface area contributed by atoms with Gasteiger partial charge in [-0.15, -0.1) is 0 Å². The van der Waals surface area contributed by atoms with Crippen LogP contribution in [0, 0.1) is 0 Å². The number of hydrogen-bond acceptors (Lipinski definition) is 6. The van der Waals surface area contributed by atoms with E-state index in [1.807, 2.05) is 30.3 Å². The summed E-state index contributed by atoms with van der Waals surface area (Å²) >= 11 is 1.02. The molecule has 0 aliphatic rings. The van der Waals surface area contributed by atoms with E-state index in [-0.39, 0.29) is 21.3 Å². The van der Waals surface area contributed by atoms with Crippen molar-refractivity contribution in [3.63, 3.8) is 0 Å². The lowest BCUT2D eigenvalue weighted by molar-refractivity contribution is 0.146. The fourth-order valence-corrected chi connectivity index (χ4v) is 4.49. The average molecular weight is 390 g/mol. The Morgan fingerprint density at radius 2 is 1.73 bits per heavy atom. The van der Waals surface area contributed by atoms with Crippen molar-refractivity contribution in [2.45, 2.75) is 4.90 Å². The number of nitrogens with two attached hydrogens (primary N) is 1. The second-order valence-corrected chi connectivity index (χ2v) is 7.85. The molecule has 0 radical (unpaired) electrons. The minimum atomic E-state index is -4.01. The maximum absolute atomic E-state index is 12.6. The molecule has 0 atom stereocenters. The van der Waals surface area contributed by atoms with Crippen molar-refractivity contribution >= 4 is 38.9 Å². The topological polar surface area (TPSA) is 119 Å². The van der Waals surface area contributed by atoms with Crippen molar-refractivity contribution in [3.8, 4) is 15.5 Å². The highest BCUT2D eigenvalue weighted by molar-refractivity contribution is 7.93. The zero-order chi connectivity index (χ0) is 18.7. The third-order valence-corrected chi connectivity index (χ3v) is 5.89. The number of carbonyl (C=O) groups is 1. The van der Waals surface area contributed by atoms with Crippen LogP contribution in [0.5, 0.6) is 5.06 Å². The largest absolute Gasteiger partial charge is 0.512 e. The highest BCUT2D eigenvalue weighted by atomic mass is 32.2. The van der Waals surface area contributed by atoms with Gasteiger partial charge in [-0.25, -0.2) is 13.2 Å². The number of anilines is 2. The Hall–Kier alpha value is -3.04. The van der Waals surface area contributed by atoms with E-state index in [9.17, 15) is 13.2 Å². The Balaban J connectivity index is 2.02. The van der Waals surface area contributed by atoms with Gasteiger partial charge in [-0.1, -0.05) is 53.8 Å². The highest BCUT2D eigenvalue weighted by Gasteiger charge is 2.22. The van der Waals surface area contributed by atoms with Crippen LogP contribution in [0.2, 0.25) is 0 Å². The standard InChI is InChI=1S/C17H14N2O5S2/c18-12-8-4-5-9-15(12)26(22,23)19-13-10-14(11-6-2-1-3-7-11)25-16(13)24-17(20)21/h1-10,19H,18H2,(H,20,21). The van der Waals surface area contributed by atoms with Crippen molar-refractivity contribution in [2.24, 2.45) is 0 Å². The molecule has 0 aliphatic heterocycles. The minimum absolute atomic E-state index is 0.0273. The maximum Gasteiger partial charge on any atom is 0.512 e. The van der Waals surface area contributed by atoms with Gasteiger partial charge in [0, 0.05) is 4.88 Å². The van der Waals surface area contributed by atoms with Crippen LogP contribution in [-0.4, -0.2) is 19.7 Å². The first-order chi connectivity index (χ1) is 12.4. The van der Waals surface area contributed by atoms with Gasteiger partial charge in [-0.05, 0) is 23.8 Å². The number of hydrogen-bond donors (Lipinski definition) is 3. The molecule has 1 aromatic heterocycles. The number of para-hydroxylation sites is 1. The van der Waals surface area contributed by atoms with Crippen molar-refractivity contribution in [2.75, 3.05) is 10.5 Å². The number of nitrogen functional groups attached to an aromatic ring is 1. The van der Waals surface area contributed by atoms with Gasteiger partial charge in [0.2, 0.25) is 5.06 Å². The summed E-state index contributed by atoms with van der Waals surface area (Å²) in [6.07, 6.45) is -1.54. The van der Waals surface area contributed by atoms with E-state index in [4.69, 9.17) is 15.6 Å². The summed E-state index contributed by atoms with van der Waals surface area (Å²) in [6.45, 7) is 0. The molecule has 3 aromatic rings. The molecule has 26 heavy (non-hydrogen) atoms. The summed E-state index contributed by atoms with van der Waals surface area (Å²) < 4.78 is 32.3. The molecule has 0 bridgehead atoms. The van der Waals surface area contributed by atoms with E-state index < -0.39 is 16.2 Å². The molecule has 7 nitrogen and oxygen atoms in total. The summed E-state index contributed by atoms with van der Waals surface area (Å²) in [5.41, 5.74) is 6.65. The summed E-state index contributed by atoms with van der Waals surface area (Å²) in [5.74, 6) is 0. The van der Waals surface area contributed by atoms with Crippen LogP contribution in [0.15, 0.2) is 65.6 Å². The summed E-state index contributed by atoms with van der Waals surface area (Å²) in [5, 5.41) is 8.84. The molecule has 0 amide bonds.